The fourth-order valence-electron chi connectivity index (χ4n) is 3.79. The van der Waals surface area contributed by atoms with E-state index in [4.69, 9.17) is 4.98 Å². The first-order valence-corrected chi connectivity index (χ1v) is 12.8. The molecular weight excluding hydrogens is 518 g/mol. The number of carbonyl (C=O) groups is 1. The summed E-state index contributed by atoms with van der Waals surface area (Å²) in [6, 6.07) is 27.9. The molecule has 0 bridgehead atoms. The van der Waals surface area contributed by atoms with Crippen molar-refractivity contribution in [2.24, 2.45) is 0 Å². The number of nitrogens with zero attached hydrogens (tertiary/aromatic N) is 2. The van der Waals surface area contributed by atoms with Gasteiger partial charge in [-0.3, -0.25) is 4.79 Å². The monoisotopic (exact) mass is 541 g/mol. The van der Waals surface area contributed by atoms with Gasteiger partial charge < -0.3 is 5.32 Å². The van der Waals surface area contributed by atoms with Crippen LogP contribution in [0.3, 0.4) is 0 Å². The van der Waals surface area contributed by atoms with E-state index in [1.54, 1.807) is 0 Å². The maximum Gasteiger partial charge on any atom is 0.237 e. The molecule has 35 heavy (non-hydrogen) atoms. The highest BCUT2D eigenvalue weighted by atomic mass is 79.9. The van der Waals surface area contributed by atoms with Crippen molar-refractivity contribution < 1.29 is 4.79 Å². The number of pyridine rings is 1. The number of aromatic nitrogens is 1. The molecule has 4 rings (SSSR count). The van der Waals surface area contributed by atoms with E-state index >= 15 is 0 Å². The Kier molecular flexibility index (Phi) is 7.70. The van der Waals surface area contributed by atoms with Crippen LogP contribution in [0.25, 0.3) is 22.4 Å². The number of hydrogen-bond acceptors (Lipinski definition) is 4. The average Bonchev–Trinajstić information content (AvgIpc) is 2.86. The smallest absolute Gasteiger partial charge is 0.237 e. The summed E-state index contributed by atoms with van der Waals surface area (Å²) in [6.45, 7) is 5.79. The minimum Gasteiger partial charge on any atom is -0.325 e. The Morgan fingerprint density at radius 2 is 1.63 bits per heavy atom. The molecule has 0 aliphatic heterocycles. The zero-order valence-electron chi connectivity index (χ0n) is 19.7. The summed E-state index contributed by atoms with van der Waals surface area (Å²) in [5, 5.41) is 13.2. The lowest BCUT2D eigenvalue weighted by molar-refractivity contribution is -0.115. The number of benzene rings is 3. The standard InChI is InChI=1S/C29H24BrN3OS/c1-18-8-7-9-19(2)27(18)33-28(34)20(3)35-29-25(17-31)24(21-10-5-4-6-11-21)16-26(32-29)22-12-14-23(30)15-13-22/h4-16,20H,1-3H3,(H,33,34)/t20-/m0/s1. The van der Waals surface area contributed by atoms with E-state index in [-0.39, 0.29) is 5.91 Å². The van der Waals surface area contributed by atoms with Crippen molar-refractivity contribution in [3.05, 3.63) is 100 Å². The number of hydrogen-bond donors (Lipinski definition) is 1. The molecule has 4 nitrogen and oxygen atoms in total. The summed E-state index contributed by atoms with van der Waals surface area (Å²) in [7, 11) is 0. The van der Waals surface area contributed by atoms with Gasteiger partial charge in [-0.15, -0.1) is 0 Å². The topological polar surface area (TPSA) is 65.8 Å². The van der Waals surface area contributed by atoms with Crippen LogP contribution < -0.4 is 5.32 Å². The van der Waals surface area contributed by atoms with E-state index < -0.39 is 5.25 Å². The van der Waals surface area contributed by atoms with Crippen LogP contribution in [0.5, 0.6) is 0 Å². The summed E-state index contributed by atoms with van der Waals surface area (Å²) in [6.07, 6.45) is 0. The molecule has 0 saturated carbocycles. The highest BCUT2D eigenvalue weighted by molar-refractivity contribution is 9.10. The fourth-order valence-corrected chi connectivity index (χ4v) is 4.98. The van der Waals surface area contributed by atoms with Crippen molar-refractivity contribution in [3.8, 4) is 28.5 Å². The predicted molar refractivity (Wildman–Crippen MR) is 147 cm³/mol. The van der Waals surface area contributed by atoms with Gasteiger partial charge in [-0.25, -0.2) is 4.98 Å². The lowest BCUT2D eigenvalue weighted by Crippen LogP contribution is -2.23. The van der Waals surface area contributed by atoms with Crippen LogP contribution >= 0.6 is 27.7 Å². The number of thioether (sulfide) groups is 1. The Balaban J connectivity index is 1.74. The maximum absolute atomic E-state index is 13.1. The minimum atomic E-state index is -0.461. The van der Waals surface area contributed by atoms with Gasteiger partial charge in [-0.05, 0) is 55.7 Å². The van der Waals surface area contributed by atoms with E-state index in [1.165, 1.54) is 11.8 Å². The van der Waals surface area contributed by atoms with E-state index in [2.05, 4.69) is 27.3 Å². The van der Waals surface area contributed by atoms with Crippen LogP contribution in [0.15, 0.2) is 88.4 Å². The van der Waals surface area contributed by atoms with E-state index in [1.807, 2.05) is 99.6 Å². The van der Waals surface area contributed by atoms with Crippen LogP contribution in [-0.2, 0) is 4.79 Å². The third kappa shape index (κ3) is 5.64. The van der Waals surface area contributed by atoms with Crippen molar-refractivity contribution >= 4 is 39.3 Å². The second-order valence-corrected chi connectivity index (χ2v) is 10.5. The molecular formula is C29H24BrN3OS. The first-order valence-electron chi connectivity index (χ1n) is 11.2. The molecule has 1 N–H and O–H groups in total. The number of anilines is 1. The molecule has 3 aromatic carbocycles. The van der Waals surface area contributed by atoms with E-state index in [0.717, 1.165) is 43.7 Å². The molecule has 6 heteroatoms. The molecule has 0 unspecified atom stereocenters. The van der Waals surface area contributed by atoms with E-state index in [9.17, 15) is 10.1 Å². The fraction of sp³-hybridized carbons (Fsp3) is 0.138. The normalized spacial score (nSPS) is 11.5. The van der Waals surface area contributed by atoms with Gasteiger partial charge in [0, 0.05) is 21.3 Å². The second-order valence-electron chi connectivity index (χ2n) is 8.24. The molecule has 0 spiro atoms. The third-order valence-corrected chi connectivity index (χ3v) is 7.32. The lowest BCUT2D eigenvalue weighted by atomic mass is 9.99. The molecule has 174 valence electrons. The van der Waals surface area contributed by atoms with Crippen molar-refractivity contribution in [3.63, 3.8) is 0 Å². The summed E-state index contributed by atoms with van der Waals surface area (Å²) < 4.78 is 0.976. The van der Waals surface area contributed by atoms with Crippen LogP contribution in [0, 0.1) is 25.2 Å². The summed E-state index contributed by atoms with van der Waals surface area (Å²) in [5.41, 5.74) is 6.72. The van der Waals surface area contributed by atoms with Gasteiger partial charge in [-0.1, -0.05) is 88.4 Å². The second kappa shape index (κ2) is 10.9. The molecule has 0 radical (unpaired) electrons. The van der Waals surface area contributed by atoms with Crippen LogP contribution in [0.1, 0.15) is 23.6 Å². The number of amides is 1. The number of carbonyl (C=O) groups excluding carboxylic acids is 1. The molecule has 0 fully saturated rings. The van der Waals surface area contributed by atoms with Gasteiger partial charge in [0.15, 0.2) is 0 Å². The van der Waals surface area contributed by atoms with Gasteiger partial charge in [0.05, 0.1) is 16.5 Å². The lowest BCUT2D eigenvalue weighted by Gasteiger charge is -2.17. The Bertz CT molecular complexity index is 1390. The number of halogens is 1. The van der Waals surface area contributed by atoms with Crippen molar-refractivity contribution in [1.82, 2.24) is 4.98 Å². The zero-order chi connectivity index (χ0) is 24.9. The summed E-state index contributed by atoms with van der Waals surface area (Å²) in [5.74, 6) is -0.131. The van der Waals surface area contributed by atoms with Crippen LogP contribution in [0.2, 0.25) is 0 Å². The molecule has 4 aromatic rings. The van der Waals surface area contributed by atoms with Crippen molar-refractivity contribution in [1.29, 1.82) is 5.26 Å². The van der Waals surface area contributed by atoms with Crippen molar-refractivity contribution in [2.75, 3.05) is 5.32 Å². The van der Waals surface area contributed by atoms with Crippen LogP contribution in [-0.4, -0.2) is 16.1 Å². The molecule has 1 heterocycles. The summed E-state index contributed by atoms with van der Waals surface area (Å²) in [4.78, 5) is 18.0. The quantitative estimate of drug-likeness (QED) is 0.253. The maximum atomic E-state index is 13.1. The Morgan fingerprint density at radius 1 is 0.971 bits per heavy atom. The first kappa shape index (κ1) is 24.7. The highest BCUT2D eigenvalue weighted by Crippen LogP contribution is 2.36. The first-order chi connectivity index (χ1) is 16.9. The van der Waals surface area contributed by atoms with E-state index in [0.29, 0.717) is 10.6 Å². The molecule has 0 aliphatic rings. The molecule has 1 atom stereocenters. The van der Waals surface area contributed by atoms with Gasteiger partial charge in [-0.2, -0.15) is 5.26 Å². The Morgan fingerprint density at radius 3 is 2.26 bits per heavy atom. The molecule has 0 aliphatic carbocycles. The third-order valence-electron chi connectivity index (χ3n) is 5.71. The number of rotatable bonds is 6. The van der Waals surface area contributed by atoms with Gasteiger partial charge >= 0.3 is 0 Å². The Hall–Kier alpha value is -3.40. The number of nitriles is 1. The summed E-state index contributed by atoms with van der Waals surface area (Å²) >= 11 is 4.78. The molecule has 1 aromatic heterocycles. The van der Waals surface area contributed by atoms with Gasteiger partial charge in [0.2, 0.25) is 5.91 Å². The Labute approximate surface area is 218 Å². The van der Waals surface area contributed by atoms with Crippen LogP contribution in [0.4, 0.5) is 5.69 Å². The SMILES string of the molecule is Cc1cccc(C)c1NC(=O)[C@H](C)Sc1nc(-c2ccc(Br)cc2)cc(-c2ccccc2)c1C#N. The minimum absolute atomic E-state index is 0.131. The highest BCUT2D eigenvalue weighted by Gasteiger charge is 2.22. The molecule has 0 saturated heterocycles. The van der Waals surface area contributed by atoms with Gasteiger partial charge in [0.25, 0.3) is 0 Å². The average molecular weight is 543 g/mol. The zero-order valence-corrected chi connectivity index (χ0v) is 22.1. The van der Waals surface area contributed by atoms with Gasteiger partial charge in [0.1, 0.15) is 11.1 Å². The number of para-hydroxylation sites is 1. The number of aryl methyl sites for hydroxylation is 2. The van der Waals surface area contributed by atoms with Crippen molar-refractivity contribution in [2.45, 2.75) is 31.0 Å². The predicted octanol–water partition coefficient (Wildman–Crippen LogP) is 7.79. The largest absolute Gasteiger partial charge is 0.325 e. The number of nitrogens with one attached hydrogen (secondary N) is 1. The molecule has 1 amide bonds.